The summed E-state index contributed by atoms with van der Waals surface area (Å²) in [4.78, 5) is 38.2. The Kier molecular flexibility index (Phi) is 58.4. The Morgan fingerprint density at radius 3 is 0.973 bits per heavy atom. The van der Waals surface area contributed by atoms with Gasteiger partial charge in [-0.15, -0.1) is 0 Å². The minimum absolute atomic E-state index is 0.127. The van der Waals surface area contributed by atoms with Crippen molar-refractivity contribution < 1.29 is 28.6 Å². The Balaban J connectivity index is 4.55. The molecule has 0 N–H and O–H groups in total. The molecule has 0 saturated carbocycles. The van der Waals surface area contributed by atoms with Gasteiger partial charge in [0.05, 0.1) is 0 Å². The van der Waals surface area contributed by atoms with Gasteiger partial charge in [0.2, 0.25) is 0 Å². The molecule has 0 amide bonds. The van der Waals surface area contributed by atoms with Crippen LogP contribution in [0.4, 0.5) is 0 Å². The van der Waals surface area contributed by atoms with Crippen LogP contribution in [-0.4, -0.2) is 37.2 Å². The van der Waals surface area contributed by atoms with Gasteiger partial charge in [-0.1, -0.05) is 257 Å². The topological polar surface area (TPSA) is 78.9 Å². The van der Waals surface area contributed by atoms with Crippen molar-refractivity contribution in [3.05, 3.63) is 134 Å². The predicted octanol–water partition coefficient (Wildman–Crippen LogP) is 21.0. The molecule has 0 fully saturated rings. The van der Waals surface area contributed by atoms with Crippen molar-refractivity contribution in [2.24, 2.45) is 0 Å². The summed E-state index contributed by atoms with van der Waals surface area (Å²) in [5.74, 6) is -1.07. The van der Waals surface area contributed by atoms with Crippen LogP contribution in [0, 0.1) is 0 Å². The Morgan fingerprint density at radius 2 is 0.560 bits per heavy atom. The molecular weight excluding hydrogens is 925 g/mol. The highest BCUT2D eigenvalue weighted by molar-refractivity contribution is 5.71. The summed E-state index contributed by atoms with van der Waals surface area (Å²) in [5, 5.41) is 0. The van der Waals surface area contributed by atoms with E-state index in [1.54, 1.807) is 0 Å². The number of rotatable bonds is 54. The highest BCUT2D eigenvalue weighted by Gasteiger charge is 2.19. The first-order chi connectivity index (χ1) is 37.0. The maximum Gasteiger partial charge on any atom is 0.306 e. The van der Waals surface area contributed by atoms with Gasteiger partial charge in [-0.25, -0.2) is 0 Å². The maximum atomic E-state index is 12.9. The van der Waals surface area contributed by atoms with Crippen molar-refractivity contribution in [3.8, 4) is 0 Å². The average Bonchev–Trinajstić information content (AvgIpc) is 3.41. The number of carbonyl (C=O) groups is 3. The SMILES string of the molecule is CC/C=C\C/C=C\C/C=C\C/C=C\C/C=C\CCCC(=O)O[C@H](COC(=O)CC/C=C\C/C=C\C/C=C\C/C=C\C/C=C\CCCCC)COC(=O)CCCCCCCCCCCCC/C=C\CCCCCCCC. The van der Waals surface area contributed by atoms with Crippen molar-refractivity contribution in [1.82, 2.24) is 0 Å². The fourth-order valence-electron chi connectivity index (χ4n) is 8.04. The molecule has 0 radical (unpaired) electrons. The van der Waals surface area contributed by atoms with E-state index in [9.17, 15) is 14.4 Å². The number of hydrogen-bond acceptors (Lipinski definition) is 6. The van der Waals surface area contributed by atoms with Crippen LogP contribution < -0.4 is 0 Å². The van der Waals surface area contributed by atoms with Crippen LogP contribution in [0.5, 0.6) is 0 Å². The molecule has 0 aliphatic carbocycles. The van der Waals surface area contributed by atoms with Crippen LogP contribution in [0.25, 0.3) is 0 Å². The van der Waals surface area contributed by atoms with Gasteiger partial charge in [-0.3, -0.25) is 14.4 Å². The predicted molar refractivity (Wildman–Crippen MR) is 325 cm³/mol. The van der Waals surface area contributed by atoms with Crippen LogP contribution in [0.15, 0.2) is 134 Å². The van der Waals surface area contributed by atoms with Crippen molar-refractivity contribution in [3.63, 3.8) is 0 Å². The molecule has 0 spiro atoms. The second-order valence-electron chi connectivity index (χ2n) is 19.9. The lowest BCUT2D eigenvalue weighted by Gasteiger charge is -2.18. The molecule has 0 aliphatic rings. The van der Waals surface area contributed by atoms with E-state index in [4.69, 9.17) is 14.2 Å². The lowest BCUT2D eigenvalue weighted by Crippen LogP contribution is -2.30. The number of carbonyl (C=O) groups excluding carboxylic acids is 3. The van der Waals surface area contributed by atoms with Gasteiger partial charge in [0.15, 0.2) is 6.10 Å². The molecule has 0 aromatic rings. The average molecular weight is 1040 g/mol. The summed E-state index contributed by atoms with van der Waals surface area (Å²) in [6, 6.07) is 0. The van der Waals surface area contributed by atoms with E-state index in [-0.39, 0.29) is 44.0 Å². The molecular formula is C69H112O6. The van der Waals surface area contributed by atoms with Crippen LogP contribution in [0.3, 0.4) is 0 Å². The van der Waals surface area contributed by atoms with Crippen LogP contribution in [-0.2, 0) is 28.6 Å². The molecule has 0 heterocycles. The van der Waals surface area contributed by atoms with Crippen LogP contribution >= 0.6 is 0 Å². The molecule has 424 valence electrons. The maximum absolute atomic E-state index is 12.9. The minimum Gasteiger partial charge on any atom is -0.462 e. The Morgan fingerprint density at radius 1 is 0.280 bits per heavy atom. The first-order valence-electron chi connectivity index (χ1n) is 30.7. The van der Waals surface area contributed by atoms with Gasteiger partial charge >= 0.3 is 17.9 Å². The van der Waals surface area contributed by atoms with Crippen molar-refractivity contribution in [1.29, 1.82) is 0 Å². The Bertz CT molecular complexity index is 1620. The standard InChI is InChI=1S/C69H112O6/c1-4-7-10-13-16-19-22-25-28-31-33-34-36-39-41-44-47-50-53-56-59-62-68(71)74-65-66(75-69(72)63-60-57-54-51-48-45-42-37-30-27-24-21-18-15-12-9-6-3)64-73-67(70)61-58-55-52-49-46-43-40-38-35-32-29-26-23-20-17-14-11-8-5-2/h9,12,17-18,20-21,25-30,35,38,42-43,45-46,51-52,54-55,66H,4-8,10-11,13-16,19,22-24,31-34,36-37,39-41,44,47-50,53,56-65H2,1-3H3/b12-9-,20-17-,21-18-,28-25-,29-26-,30-27-,38-35-,45-42-,46-43-,54-51-,55-52-/t66-/m1/s1. The molecule has 0 aromatic heterocycles. The molecule has 0 unspecified atom stereocenters. The molecule has 0 saturated heterocycles. The zero-order valence-electron chi connectivity index (χ0n) is 48.5. The van der Waals surface area contributed by atoms with Crippen LogP contribution in [0.1, 0.15) is 265 Å². The molecule has 6 heteroatoms. The molecule has 1 atom stereocenters. The van der Waals surface area contributed by atoms with E-state index in [1.165, 1.54) is 128 Å². The zero-order valence-corrected chi connectivity index (χ0v) is 48.5. The monoisotopic (exact) mass is 1040 g/mol. The van der Waals surface area contributed by atoms with Gasteiger partial charge in [0.25, 0.3) is 0 Å². The summed E-state index contributed by atoms with van der Waals surface area (Å²) in [5.41, 5.74) is 0. The number of ether oxygens (including phenoxy) is 3. The van der Waals surface area contributed by atoms with E-state index in [0.717, 1.165) is 83.5 Å². The zero-order chi connectivity index (χ0) is 54.3. The molecule has 6 nitrogen and oxygen atoms in total. The first kappa shape index (κ1) is 70.5. The number of allylic oxidation sites excluding steroid dienone is 22. The van der Waals surface area contributed by atoms with Crippen molar-refractivity contribution >= 4 is 17.9 Å². The smallest absolute Gasteiger partial charge is 0.306 e. The highest BCUT2D eigenvalue weighted by atomic mass is 16.6. The van der Waals surface area contributed by atoms with E-state index in [1.807, 2.05) is 6.08 Å². The minimum atomic E-state index is -0.844. The summed E-state index contributed by atoms with van der Waals surface area (Å²) >= 11 is 0. The lowest BCUT2D eigenvalue weighted by atomic mass is 10.0. The second-order valence-corrected chi connectivity index (χ2v) is 19.9. The normalized spacial score (nSPS) is 13.1. The van der Waals surface area contributed by atoms with Gasteiger partial charge in [-0.2, -0.15) is 0 Å². The third kappa shape index (κ3) is 60.3. The fourth-order valence-corrected chi connectivity index (χ4v) is 8.04. The third-order valence-electron chi connectivity index (χ3n) is 12.6. The number of hydrogen-bond donors (Lipinski definition) is 0. The molecule has 0 aromatic carbocycles. The molecule has 0 rings (SSSR count). The Labute approximate surface area is 462 Å². The molecule has 0 bridgehead atoms. The van der Waals surface area contributed by atoms with Gasteiger partial charge in [-0.05, 0) is 122 Å². The molecule has 75 heavy (non-hydrogen) atoms. The van der Waals surface area contributed by atoms with E-state index in [0.29, 0.717) is 19.3 Å². The van der Waals surface area contributed by atoms with E-state index in [2.05, 4.69) is 148 Å². The summed E-state index contributed by atoms with van der Waals surface area (Å²) < 4.78 is 16.8. The van der Waals surface area contributed by atoms with Gasteiger partial charge in [0, 0.05) is 19.3 Å². The summed E-state index contributed by atoms with van der Waals surface area (Å²) in [7, 11) is 0. The number of esters is 3. The van der Waals surface area contributed by atoms with E-state index < -0.39 is 6.10 Å². The second kappa shape index (κ2) is 62.1. The highest BCUT2D eigenvalue weighted by Crippen LogP contribution is 2.14. The summed E-state index contributed by atoms with van der Waals surface area (Å²) in [6.45, 7) is 6.39. The quantitative estimate of drug-likeness (QED) is 0.0261. The van der Waals surface area contributed by atoms with E-state index >= 15 is 0 Å². The summed E-state index contributed by atoms with van der Waals surface area (Å²) in [6.07, 6.45) is 87.5. The van der Waals surface area contributed by atoms with Gasteiger partial charge in [0.1, 0.15) is 13.2 Å². The van der Waals surface area contributed by atoms with Crippen molar-refractivity contribution in [2.75, 3.05) is 13.2 Å². The van der Waals surface area contributed by atoms with Crippen LogP contribution in [0.2, 0.25) is 0 Å². The first-order valence-corrected chi connectivity index (χ1v) is 30.7. The number of unbranched alkanes of at least 4 members (excludes halogenated alkanes) is 21. The fraction of sp³-hybridized carbons (Fsp3) is 0.638. The molecule has 0 aliphatic heterocycles. The van der Waals surface area contributed by atoms with Gasteiger partial charge < -0.3 is 14.2 Å². The van der Waals surface area contributed by atoms with Crippen molar-refractivity contribution in [2.45, 2.75) is 271 Å². The lowest BCUT2D eigenvalue weighted by molar-refractivity contribution is -0.166. The Hall–Kier alpha value is -4.45. The third-order valence-corrected chi connectivity index (χ3v) is 12.6. The largest absolute Gasteiger partial charge is 0.462 e.